The second kappa shape index (κ2) is 11.9. The Morgan fingerprint density at radius 2 is 2.08 bits per heavy atom. The minimum atomic E-state index is -0.245. The first-order valence-electron chi connectivity index (χ1n) is 13.9. The number of hydrogen-bond donors (Lipinski definition) is 1. The van der Waals surface area contributed by atoms with Gasteiger partial charge in [-0.1, -0.05) is 27.5 Å². The van der Waals surface area contributed by atoms with Crippen LogP contribution in [0.25, 0.3) is 11.0 Å². The molecule has 0 aliphatic carbocycles. The molecular weight excluding hydrogens is 509 g/mol. The Kier molecular flexibility index (Phi) is 8.31. The number of hydrogen-bond acceptors (Lipinski definition) is 5. The molecule has 2 aliphatic rings. The van der Waals surface area contributed by atoms with E-state index in [-0.39, 0.29) is 31.6 Å². The summed E-state index contributed by atoms with van der Waals surface area (Å²) in [6.45, 7) is 11.4. The van der Waals surface area contributed by atoms with E-state index in [1.54, 1.807) is 18.3 Å². The standard InChI is InChI=1S/C30H38N5O3P/c1-5-26(36)34-15-7-6-9-23(19-34)35-28-24(32-30(35)33-29(37)22-12-14-31-21(3)18-22)10-8-11-25(28)38-27-17-20(2)13-16-39(27)4/h5,8,10-12,14,18,20,23,27H,1,6-7,9,13,15-17,19H2,2-4H3,(H,32,33,37)/t20?,23-,27+,39?/m1/s1. The highest BCUT2D eigenvalue weighted by molar-refractivity contribution is 7.57. The SMILES string of the molecule is C=CC(=O)N1CCCC[C@@H](n2c(NC(=O)c3ccnc(C)c3)nc3cccc(O[C@@H]4CC(C)CCP4C)c32)C1. The molecule has 2 saturated heterocycles. The molecule has 5 rings (SSSR count). The van der Waals surface area contributed by atoms with Gasteiger partial charge in [0.1, 0.15) is 17.1 Å². The quantitative estimate of drug-likeness (QED) is 0.303. The molecule has 2 fully saturated rings. The van der Waals surface area contributed by atoms with E-state index >= 15 is 0 Å². The molecule has 1 N–H and O–H groups in total. The third kappa shape index (κ3) is 6.01. The second-order valence-electron chi connectivity index (χ2n) is 10.9. The van der Waals surface area contributed by atoms with Crippen molar-refractivity contribution in [1.29, 1.82) is 0 Å². The van der Waals surface area contributed by atoms with E-state index in [4.69, 9.17) is 9.72 Å². The van der Waals surface area contributed by atoms with Crippen LogP contribution in [-0.4, -0.2) is 63.0 Å². The predicted octanol–water partition coefficient (Wildman–Crippen LogP) is 5.98. The number of aromatic nitrogens is 3. The van der Waals surface area contributed by atoms with Gasteiger partial charge in [-0.2, -0.15) is 0 Å². The molecule has 9 heteroatoms. The zero-order valence-electron chi connectivity index (χ0n) is 23.1. The highest BCUT2D eigenvalue weighted by atomic mass is 31.1. The molecule has 2 aromatic heterocycles. The average Bonchev–Trinajstić information content (AvgIpc) is 3.11. The van der Waals surface area contributed by atoms with Crippen LogP contribution in [0.5, 0.6) is 5.75 Å². The van der Waals surface area contributed by atoms with Gasteiger partial charge in [-0.05, 0) is 88.1 Å². The number of aryl methyl sites for hydroxylation is 1. The molecule has 8 nitrogen and oxygen atoms in total. The molecule has 1 aromatic carbocycles. The van der Waals surface area contributed by atoms with Crippen LogP contribution in [0.3, 0.4) is 0 Å². The Hall–Kier alpha value is -3.25. The monoisotopic (exact) mass is 547 g/mol. The first-order valence-corrected chi connectivity index (χ1v) is 15.9. The molecule has 0 radical (unpaired) electrons. The molecule has 3 aromatic rings. The number of carbonyl (C=O) groups excluding carboxylic acids is 2. The minimum absolute atomic E-state index is 0.0750. The first kappa shape index (κ1) is 27.3. The van der Waals surface area contributed by atoms with Crippen LogP contribution in [0.4, 0.5) is 5.95 Å². The Labute approximate surface area is 231 Å². The summed E-state index contributed by atoms with van der Waals surface area (Å²) >= 11 is 0. The zero-order chi connectivity index (χ0) is 27.5. The van der Waals surface area contributed by atoms with Gasteiger partial charge in [0.25, 0.3) is 5.91 Å². The predicted molar refractivity (Wildman–Crippen MR) is 157 cm³/mol. The van der Waals surface area contributed by atoms with Crippen molar-refractivity contribution in [1.82, 2.24) is 19.4 Å². The van der Waals surface area contributed by atoms with Crippen molar-refractivity contribution in [2.45, 2.75) is 57.8 Å². The summed E-state index contributed by atoms with van der Waals surface area (Å²) in [6, 6.07) is 9.34. The van der Waals surface area contributed by atoms with Crippen molar-refractivity contribution in [3.8, 4) is 5.75 Å². The molecule has 4 heterocycles. The molecule has 206 valence electrons. The summed E-state index contributed by atoms with van der Waals surface area (Å²) in [5, 5.41) is 3.08. The fourth-order valence-electron chi connectivity index (χ4n) is 5.67. The second-order valence-corrected chi connectivity index (χ2v) is 13.4. The lowest BCUT2D eigenvalue weighted by atomic mass is 10.1. The number of nitrogens with one attached hydrogen (secondary N) is 1. The number of rotatable bonds is 6. The number of nitrogens with zero attached hydrogens (tertiary/aromatic N) is 4. The molecule has 4 atom stereocenters. The Morgan fingerprint density at radius 3 is 2.87 bits per heavy atom. The van der Waals surface area contributed by atoms with Crippen LogP contribution in [0.2, 0.25) is 0 Å². The molecule has 2 aliphatic heterocycles. The van der Waals surface area contributed by atoms with Gasteiger partial charge in [0.2, 0.25) is 11.9 Å². The summed E-state index contributed by atoms with van der Waals surface area (Å²) in [5.41, 5.74) is 2.93. The number of para-hydroxylation sites is 1. The number of anilines is 1. The van der Waals surface area contributed by atoms with Crippen LogP contribution < -0.4 is 10.1 Å². The van der Waals surface area contributed by atoms with Gasteiger partial charge >= 0.3 is 0 Å². The number of benzene rings is 1. The highest BCUT2D eigenvalue weighted by Crippen LogP contribution is 2.48. The van der Waals surface area contributed by atoms with E-state index < -0.39 is 0 Å². The first-order chi connectivity index (χ1) is 18.8. The number of fused-ring (bicyclic) bond motifs is 1. The number of amides is 2. The normalized spacial score (nSPS) is 23.7. The van der Waals surface area contributed by atoms with Crippen LogP contribution in [0, 0.1) is 12.8 Å². The van der Waals surface area contributed by atoms with Gasteiger partial charge in [-0.25, -0.2) is 4.98 Å². The molecule has 0 spiro atoms. The van der Waals surface area contributed by atoms with Crippen LogP contribution in [0.1, 0.15) is 61.1 Å². The van der Waals surface area contributed by atoms with Gasteiger partial charge in [0, 0.05) is 30.5 Å². The van der Waals surface area contributed by atoms with Crippen molar-refractivity contribution < 1.29 is 14.3 Å². The Morgan fingerprint density at radius 1 is 1.23 bits per heavy atom. The van der Waals surface area contributed by atoms with Crippen LogP contribution >= 0.6 is 7.92 Å². The lowest BCUT2D eigenvalue weighted by Crippen LogP contribution is -2.34. The lowest BCUT2D eigenvalue weighted by molar-refractivity contribution is -0.126. The number of pyridine rings is 1. The summed E-state index contributed by atoms with van der Waals surface area (Å²) in [6.07, 6.45) is 9.27. The summed E-state index contributed by atoms with van der Waals surface area (Å²) in [5.74, 6) is 1.76. The molecule has 39 heavy (non-hydrogen) atoms. The fourth-order valence-corrected chi connectivity index (χ4v) is 7.82. The summed E-state index contributed by atoms with van der Waals surface area (Å²) in [7, 11) is -0.239. The maximum Gasteiger partial charge on any atom is 0.258 e. The molecule has 2 unspecified atom stereocenters. The van der Waals surface area contributed by atoms with Crippen molar-refractivity contribution in [2.24, 2.45) is 5.92 Å². The van der Waals surface area contributed by atoms with Gasteiger partial charge in [0.15, 0.2) is 0 Å². The van der Waals surface area contributed by atoms with Crippen LogP contribution in [0.15, 0.2) is 49.2 Å². The third-order valence-corrected chi connectivity index (χ3v) is 10.2. The topological polar surface area (TPSA) is 89.4 Å². The molecule has 0 saturated carbocycles. The largest absolute Gasteiger partial charge is 0.484 e. The van der Waals surface area contributed by atoms with E-state index in [1.807, 2.05) is 30.0 Å². The Balaban J connectivity index is 1.58. The van der Waals surface area contributed by atoms with E-state index in [9.17, 15) is 9.59 Å². The third-order valence-electron chi connectivity index (χ3n) is 7.89. The maximum absolute atomic E-state index is 13.3. The van der Waals surface area contributed by atoms with E-state index in [2.05, 4.69) is 35.0 Å². The minimum Gasteiger partial charge on any atom is -0.484 e. The number of carbonyl (C=O) groups is 2. The van der Waals surface area contributed by atoms with E-state index in [0.717, 1.165) is 48.2 Å². The maximum atomic E-state index is 13.3. The van der Waals surface area contributed by atoms with Gasteiger partial charge < -0.3 is 14.2 Å². The molecule has 0 bridgehead atoms. The van der Waals surface area contributed by atoms with Crippen molar-refractivity contribution in [2.75, 3.05) is 31.2 Å². The highest BCUT2D eigenvalue weighted by Gasteiger charge is 2.31. The number of ether oxygens (including phenoxy) is 1. The van der Waals surface area contributed by atoms with E-state index in [1.165, 1.54) is 18.7 Å². The molecular formula is C30H38N5O3P. The summed E-state index contributed by atoms with van der Waals surface area (Å²) in [4.78, 5) is 37.0. The Bertz CT molecular complexity index is 1370. The lowest BCUT2D eigenvalue weighted by Gasteiger charge is -2.33. The smallest absolute Gasteiger partial charge is 0.258 e. The van der Waals surface area contributed by atoms with Gasteiger partial charge in [-0.3, -0.25) is 19.9 Å². The number of imidazole rings is 1. The molecule has 2 amide bonds. The van der Waals surface area contributed by atoms with E-state index in [0.29, 0.717) is 30.5 Å². The van der Waals surface area contributed by atoms with Crippen molar-refractivity contribution in [3.05, 3.63) is 60.4 Å². The summed E-state index contributed by atoms with van der Waals surface area (Å²) < 4.78 is 8.89. The average molecular weight is 548 g/mol. The van der Waals surface area contributed by atoms with Gasteiger partial charge in [-0.15, -0.1) is 0 Å². The van der Waals surface area contributed by atoms with Gasteiger partial charge in [0.05, 0.1) is 11.6 Å². The number of likely N-dealkylation sites (tertiary alicyclic amines) is 1. The fraction of sp³-hybridized carbons (Fsp3) is 0.467. The van der Waals surface area contributed by atoms with Crippen LogP contribution in [-0.2, 0) is 4.79 Å². The van der Waals surface area contributed by atoms with Crippen molar-refractivity contribution in [3.63, 3.8) is 0 Å². The van der Waals surface area contributed by atoms with Crippen molar-refractivity contribution >= 4 is 36.7 Å². The zero-order valence-corrected chi connectivity index (χ0v) is 24.0.